The summed E-state index contributed by atoms with van der Waals surface area (Å²) in [5.74, 6) is -0.413. The van der Waals surface area contributed by atoms with E-state index in [4.69, 9.17) is 4.42 Å². The number of aromatic nitrogens is 1. The van der Waals surface area contributed by atoms with Crippen LogP contribution in [0.2, 0.25) is 0 Å². The molecule has 0 saturated carbocycles. The first-order chi connectivity index (χ1) is 9.19. The number of nitrogens with one attached hydrogen (secondary N) is 1. The zero-order valence-electron chi connectivity index (χ0n) is 10.3. The molecule has 0 aliphatic heterocycles. The molecule has 0 spiro atoms. The third kappa shape index (κ3) is 2.28. The van der Waals surface area contributed by atoms with Gasteiger partial charge < -0.3 is 4.42 Å². The van der Waals surface area contributed by atoms with E-state index < -0.39 is 5.76 Å². The number of thiophene rings is 1. The van der Waals surface area contributed by atoms with Crippen molar-refractivity contribution in [1.29, 1.82) is 0 Å². The molecule has 1 N–H and O–H groups in total. The highest BCUT2D eigenvalue weighted by Gasteiger charge is 2.16. The number of fused-ring (bicyclic) bond motifs is 1. The van der Waals surface area contributed by atoms with Gasteiger partial charge in [-0.25, -0.2) is 4.79 Å². The summed E-state index contributed by atoms with van der Waals surface area (Å²) in [4.78, 5) is 15.3. The van der Waals surface area contributed by atoms with Crippen molar-refractivity contribution in [3.63, 3.8) is 0 Å². The van der Waals surface area contributed by atoms with E-state index in [2.05, 4.69) is 39.3 Å². The Labute approximate surface area is 122 Å². The second-order valence-corrected chi connectivity index (χ2v) is 6.16. The summed E-state index contributed by atoms with van der Waals surface area (Å²) in [6, 6.07) is 7.95. The lowest BCUT2D eigenvalue weighted by molar-refractivity contribution is 0.555. The smallest absolute Gasteiger partial charge is 0.408 e. The number of alkyl halides is 1. The second-order valence-electron chi connectivity index (χ2n) is 4.30. The van der Waals surface area contributed by atoms with Gasteiger partial charge in [-0.2, -0.15) is 0 Å². The molecule has 0 saturated heterocycles. The molecule has 1 aromatic carbocycles. The fourth-order valence-electron chi connectivity index (χ4n) is 2.13. The van der Waals surface area contributed by atoms with Gasteiger partial charge in [0.1, 0.15) is 0 Å². The number of oxazole rings is 1. The molecule has 2 aromatic heterocycles. The van der Waals surface area contributed by atoms with Crippen molar-refractivity contribution >= 4 is 38.4 Å². The Morgan fingerprint density at radius 1 is 1.42 bits per heavy atom. The van der Waals surface area contributed by atoms with E-state index in [1.807, 2.05) is 18.2 Å². The number of halogens is 1. The van der Waals surface area contributed by atoms with E-state index in [0.29, 0.717) is 5.58 Å². The van der Waals surface area contributed by atoms with E-state index in [1.165, 1.54) is 10.4 Å². The lowest BCUT2D eigenvalue weighted by atomic mass is 10.1. The molecule has 0 aliphatic rings. The Bertz CT molecular complexity index is 771. The van der Waals surface area contributed by atoms with Crippen LogP contribution in [0.4, 0.5) is 0 Å². The van der Waals surface area contributed by atoms with Gasteiger partial charge in [0.2, 0.25) is 0 Å². The zero-order valence-corrected chi connectivity index (χ0v) is 12.7. The maximum absolute atomic E-state index is 11.2. The monoisotopic (exact) mass is 337 g/mol. The van der Waals surface area contributed by atoms with Gasteiger partial charge in [0.25, 0.3) is 0 Å². The number of aryl methyl sites for hydroxylation is 1. The normalized spacial score (nSPS) is 12.9. The van der Waals surface area contributed by atoms with Crippen molar-refractivity contribution in [1.82, 2.24) is 4.98 Å². The molecule has 0 fully saturated rings. The Morgan fingerprint density at radius 3 is 3.05 bits per heavy atom. The van der Waals surface area contributed by atoms with Crippen molar-refractivity contribution in [2.24, 2.45) is 0 Å². The van der Waals surface area contributed by atoms with Crippen LogP contribution in [0.1, 0.15) is 27.8 Å². The predicted molar refractivity (Wildman–Crippen MR) is 81.3 cm³/mol. The molecule has 3 nitrogen and oxygen atoms in total. The van der Waals surface area contributed by atoms with Crippen LogP contribution >= 0.6 is 27.3 Å². The summed E-state index contributed by atoms with van der Waals surface area (Å²) in [6.07, 6.45) is 1.02. The van der Waals surface area contributed by atoms with Gasteiger partial charge in [0.05, 0.1) is 10.3 Å². The lowest BCUT2D eigenvalue weighted by Gasteiger charge is -2.10. The van der Waals surface area contributed by atoms with Crippen molar-refractivity contribution in [2.45, 2.75) is 18.2 Å². The standard InChI is InChI=1S/C14H12BrNO2S/c1-2-8-5-6-19-13(8)12(15)9-3-4-10-11(7-9)18-14(17)16-10/h3-7,12H,2H2,1H3,(H,16,17). The van der Waals surface area contributed by atoms with Crippen LogP contribution in [-0.2, 0) is 6.42 Å². The van der Waals surface area contributed by atoms with E-state index in [9.17, 15) is 4.79 Å². The first-order valence-electron chi connectivity index (χ1n) is 6.02. The molecule has 0 bridgehead atoms. The van der Waals surface area contributed by atoms with Crippen LogP contribution in [0.3, 0.4) is 0 Å². The molecule has 19 heavy (non-hydrogen) atoms. The largest absolute Gasteiger partial charge is 0.417 e. The molecular formula is C14H12BrNO2S. The van der Waals surface area contributed by atoms with E-state index in [-0.39, 0.29) is 4.83 Å². The highest BCUT2D eigenvalue weighted by atomic mass is 79.9. The Balaban J connectivity index is 2.05. The van der Waals surface area contributed by atoms with Gasteiger partial charge in [-0.05, 0) is 41.1 Å². The number of hydrogen-bond acceptors (Lipinski definition) is 3. The fourth-order valence-corrected chi connectivity index (χ4v) is 4.03. The summed E-state index contributed by atoms with van der Waals surface area (Å²) in [5, 5.41) is 2.11. The fraction of sp³-hybridized carbons (Fsp3) is 0.214. The highest BCUT2D eigenvalue weighted by molar-refractivity contribution is 9.09. The van der Waals surface area contributed by atoms with E-state index >= 15 is 0 Å². The molecule has 5 heteroatoms. The van der Waals surface area contributed by atoms with Crippen molar-refractivity contribution in [3.05, 3.63) is 56.2 Å². The van der Waals surface area contributed by atoms with Crippen molar-refractivity contribution < 1.29 is 4.42 Å². The quantitative estimate of drug-likeness (QED) is 0.727. The molecule has 0 aliphatic carbocycles. The Hall–Kier alpha value is -1.33. The number of rotatable bonds is 3. The molecule has 3 aromatic rings. The summed E-state index contributed by atoms with van der Waals surface area (Å²) >= 11 is 5.48. The van der Waals surface area contributed by atoms with Gasteiger partial charge in [-0.15, -0.1) is 11.3 Å². The van der Waals surface area contributed by atoms with Gasteiger partial charge in [-0.1, -0.05) is 28.9 Å². The van der Waals surface area contributed by atoms with Gasteiger partial charge in [-0.3, -0.25) is 4.98 Å². The average molecular weight is 338 g/mol. The molecule has 1 atom stereocenters. The molecule has 1 unspecified atom stereocenters. The predicted octanol–water partition coefficient (Wildman–Crippen LogP) is 4.23. The average Bonchev–Trinajstić information content (AvgIpc) is 3.01. The van der Waals surface area contributed by atoms with Crippen LogP contribution in [0.25, 0.3) is 11.1 Å². The number of H-pyrrole nitrogens is 1. The van der Waals surface area contributed by atoms with Gasteiger partial charge in [0, 0.05) is 4.88 Å². The first-order valence-corrected chi connectivity index (χ1v) is 7.81. The van der Waals surface area contributed by atoms with Crippen molar-refractivity contribution in [2.75, 3.05) is 0 Å². The first kappa shape index (κ1) is 12.7. The maximum atomic E-state index is 11.2. The summed E-state index contributed by atoms with van der Waals surface area (Å²) in [6.45, 7) is 2.15. The van der Waals surface area contributed by atoms with Crippen LogP contribution in [0, 0.1) is 0 Å². The number of hydrogen-bond donors (Lipinski definition) is 1. The minimum Gasteiger partial charge on any atom is -0.408 e. The summed E-state index contributed by atoms with van der Waals surface area (Å²) < 4.78 is 5.10. The molecular weight excluding hydrogens is 326 g/mol. The molecule has 0 radical (unpaired) electrons. The maximum Gasteiger partial charge on any atom is 0.417 e. The summed E-state index contributed by atoms with van der Waals surface area (Å²) in [5.41, 5.74) is 3.77. The zero-order chi connectivity index (χ0) is 13.4. The minimum atomic E-state index is -0.413. The SMILES string of the molecule is CCc1ccsc1C(Br)c1ccc2[nH]c(=O)oc2c1. The van der Waals surface area contributed by atoms with Gasteiger partial charge >= 0.3 is 5.76 Å². The number of aromatic amines is 1. The van der Waals surface area contributed by atoms with Gasteiger partial charge in [0.15, 0.2) is 5.58 Å². The Morgan fingerprint density at radius 2 is 2.26 bits per heavy atom. The molecule has 0 amide bonds. The van der Waals surface area contributed by atoms with Crippen LogP contribution in [-0.4, -0.2) is 4.98 Å². The molecule has 98 valence electrons. The molecule has 3 rings (SSSR count). The minimum absolute atomic E-state index is 0.132. The summed E-state index contributed by atoms with van der Waals surface area (Å²) in [7, 11) is 0. The van der Waals surface area contributed by atoms with E-state index in [1.54, 1.807) is 11.3 Å². The third-order valence-electron chi connectivity index (χ3n) is 3.13. The lowest BCUT2D eigenvalue weighted by Crippen LogP contribution is -1.93. The van der Waals surface area contributed by atoms with Crippen LogP contribution < -0.4 is 5.76 Å². The third-order valence-corrected chi connectivity index (χ3v) is 5.44. The number of benzene rings is 1. The molecule has 2 heterocycles. The highest BCUT2D eigenvalue weighted by Crippen LogP contribution is 2.37. The van der Waals surface area contributed by atoms with Crippen molar-refractivity contribution in [3.8, 4) is 0 Å². The van der Waals surface area contributed by atoms with Crippen LogP contribution in [0.5, 0.6) is 0 Å². The Kier molecular flexibility index (Phi) is 3.33. The second kappa shape index (κ2) is 4.98. The van der Waals surface area contributed by atoms with Crippen LogP contribution in [0.15, 0.2) is 38.9 Å². The van der Waals surface area contributed by atoms with E-state index in [0.717, 1.165) is 17.5 Å². The topological polar surface area (TPSA) is 46.0 Å².